The second-order valence-electron chi connectivity index (χ2n) is 7.18. The Balaban J connectivity index is 1.45. The molecule has 1 aliphatic rings. The van der Waals surface area contributed by atoms with Gasteiger partial charge in [0.05, 0.1) is 24.4 Å². The molecule has 0 radical (unpaired) electrons. The molecule has 4 heteroatoms. The van der Waals surface area contributed by atoms with Crippen molar-refractivity contribution in [1.29, 1.82) is 0 Å². The predicted molar refractivity (Wildman–Crippen MR) is 104 cm³/mol. The van der Waals surface area contributed by atoms with Gasteiger partial charge in [0.1, 0.15) is 0 Å². The lowest BCUT2D eigenvalue weighted by Gasteiger charge is -2.23. The number of rotatable bonds is 4. The monoisotopic (exact) mass is 347 g/mol. The molecule has 26 heavy (non-hydrogen) atoms. The molecule has 2 aromatic heterocycles. The maximum Gasteiger partial charge on any atom is 0.0702 e. The van der Waals surface area contributed by atoms with Crippen molar-refractivity contribution in [3.05, 3.63) is 71.7 Å². The Morgan fingerprint density at radius 1 is 1.15 bits per heavy atom. The third-order valence-corrected chi connectivity index (χ3v) is 4.95. The Morgan fingerprint density at radius 2 is 2.12 bits per heavy atom. The normalized spacial score (nSPS) is 18.7. The van der Waals surface area contributed by atoms with Crippen molar-refractivity contribution in [1.82, 2.24) is 14.9 Å². The average Bonchev–Trinajstić information content (AvgIpc) is 2.86. The van der Waals surface area contributed by atoms with Crippen molar-refractivity contribution in [3.63, 3.8) is 0 Å². The van der Waals surface area contributed by atoms with Crippen molar-refractivity contribution in [2.75, 3.05) is 26.3 Å². The molecule has 0 amide bonds. The second kappa shape index (κ2) is 7.94. The van der Waals surface area contributed by atoms with Gasteiger partial charge in [0.25, 0.3) is 0 Å². The summed E-state index contributed by atoms with van der Waals surface area (Å²) in [5, 5.41) is 1.21. The molecule has 0 saturated carbocycles. The van der Waals surface area contributed by atoms with E-state index in [0.717, 1.165) is 56.2 Å². The minimum atomic E-state index is 0.497. The van der Waals surface area contributed by atoms with E-state index in [9.17, 15) is 0 Å². The van der Waals surface area contributed by atoms with Crippen molar-refractivity contribution >= 4 is 10.9 Å². The van der Waals surface area contributed by atoms with Crippen molar-refractivity contribution in [2.24, 2.45) is 5.92 Å². The Labute approximate surface area is 154 Å². The van der Waals surface area contributed by atoms with E-state index in [1.165, 1.54) is 10.9 Å². The maximum absolute atomic E-state index is 5.88. The fourth-order valence-electron chi connectivity index (χ4n) is 3.72. The van der Waals surface area contributed by atoms with Gasteiger partial charge in [0.2, 0.25) is 0 Å². The number of ether oxygens (including phenoxy) is 1. The van der Waals surface area contributed by atoms with Gasteiger partial charge < -0.3 is 4.74 Å². The van der Waals surface area contributed by atoms with Crippen LogP contribution in [0.1, 0.15) is 17.0 Å². The summed E-state index contributed by atoms with van der Waals surface area (Å²) in [7, 11) is 0. The lowest BCUT2D eigenvalue weighted by molar-refractivity contribution is 0.121. The van der Waals surface area contributed by atoms with Crippen LogP contribution < -0.4 is 0 Å². The molecule has 1 atom stereocenters. The molecule has 1 aliphatic heterocycles. The van der Waals surface area contributed by atoms with Gasteiger partial charge in [0, 0.05) is 36.9 Å². The van der Waals surface area contributed by atoms with Crippen LogP contribution in [-0.4, -0.2) is 41.2 Å². The molecule has 1 unspecified atom stereocenters. The molecule has 3 aromatic rings. The molecule has 3 heterocycles. The van der Waals surface area contributed by atoms with Crippen molar-refractivity contribution in [3.8, 4) is 0 Å². The summed E-state index contributed by atoms with van der Waals surface area (Å²) >= 11 is 0. The molecular weight excluding hydrogens is 322 g/mol. The molecule has 0 spiro atoms. The highest BCUT2D eigenvalue weighted by atomic mass is 16.5. The van der Waals surface area contributed by atoms with Gasteiger partial charge in [-0.3, -0.25) is 14.9 Å². The first-order chi connectivity index (χ1) is 12.8. The van der Waals surface area contributed by atoms with Crippen LogP contribution in [0.5, 0.6) is 0 Å². The van der Waals surface area contributed by atoms with Gasteiger partial charge in [-0.1, -0.05) is 18.2 Å². The second-order valence-corrected chi connectivity index (χ2v) is 7.18. The first-order valence-corrected chi connectivity index (χ1v) is 9.32. The van der Waals surface area contributed by atoms with Gasteiger partial charge in [-0.15, -0.1) is 0 Å². The Hall–Kier alpha value is -2.30. The first-order valence-electron chi connectivity index (χ1n) is 9.32. The molecule has 134 valence electrons. The zero-order valence-electron chi connectivity index (χ0n) is 15.3. The quantitative estimate of drug-likeness (QED) is 0.722. The molecule has 4 nitrogen and oxygen atoms in total. The largest absolute Gasteiger partial charge is 0.380 e. The lowest BCUT2D eigenvalue weighted by atomic mass is 9.98. The Kier molecular flexibility index (Phi) is 5.23. The van der Waals surface area contributed by atoms with E-state index in [2.05, 4.69) is 51.3 Å². The van der Waals surface area contributed by atoms with Crippen LogP contribution in [-0.2, 0) is 17.7 Å². The number of nitrogens with zero attached hydrogens (tertiary/aromatic N) is 3. The number of aromatic nitrogens is 2. The van der Waals surface area contributed by atoms with Gasteiger partial charge in [-0.05, 0) is 55.2 Å². The van der Waals surface area contributed by atoms with Crippen LogP contribution in [0, 0.1) is 12.8 Å². The summed E-state index contributed by atoms with van der Waals surface area (Å²) in [6.45, 7) is 6.57. The van der Waals surface area contributed by atoms with Crippen LogP contribution in [0.4, 0.5) is 0 Å². The van der Waals surface area contributed by atoms with Crippen molar-refractivity contribution < 1.29 is 4.74 Å². The standard InChI is InChI=1S/C22H25N3O/c1-17-4-2-6-21(24-17)15-25-10-11-26-16-19(14-25)12-18-7-8-22-20(13-18)5-3-9-23-22/h2-9,13,19H,10-12,14-16H2,1H3. The number of fused-ring (bicyclic) bond motifs is 1. The van der Waals surface area contributed by atoms with E-state index < -0.39 is 0 Å². The van der Waals surface area contributed by atoms with E-state index in [-0.39, 0.29) is 0 Å². The summed E-state index contributed by atoms with van der Waals surface area (Å²) in [4.78, 5) is 11.5. The zero-order valence-corrected chi connectivity index (χ0v) is 15.3. The minimum absolute atomic E-state index is 0.497. The summed E-state index contributed by atoms with van der Waals surface area (Å²) in [5.41, 5.74) is 4.63. The average molecular weight is 347 g/mol. The zero-order chi connectivity index (χ0) is 17.8. The molecule has 0 bridgehead atoms. The maximum atomic E-state index is 5.88. The fraction of sp³-hybridized carbons (Fsp3) is 0.364. The van der Waals surface area contributed by atoms with Crippen LogP contribution in [0.15, 0.2) is 54.7 Å². The Bertz CT molecular complexity index is 880. The topological polar surface area (TPSA) is 38.2 Å². The molecule has 1 saturated heterocycles. The van der Waals surface area contributed by atoms with Crippen LogP contribution >= 0.6 is 0 Å². The minimum Gasteiger partial charge on any atom is -0.380 e. The van der Waals surface area contributed by atoms with Gasteiger partial charge in [-0.2, -0.15) is 0 Å². The van der Waals surface area contributed by atoms with E-state index in [1.807, 2.05) is 25.3 Å². The van der Waals surface area contributed by atoms with E-state index >= 15 is 0 Å². The number of benzene rings is 1. The summed E-state index contributed by atoms with van der Waals surface area (Å²) in [6.07, 6.45) is 2.88. The summed E-state index contributed by atoms with van der Waals surface area (Å²) in [6, 6.07) is 17.0. The third kappa shape index (κ3) is 4.26. The highest BCUT2D eigenvalue weighted by Crippen LogP contribution is 2.19. The van der Waals surface area contributed by atoms with Crippen LogP contribution in [0.25, 0.3) is 10.9 Å². The van der Waals surface area contributed by atoms with Crippen LogP contribution in [0.2, 0.25) is 0 Å². The first kappa shape index (κ1) is 17.1. The third-order valence-electron chi connectivity index (χ3n) is 4.95. The number of hydrogen-bond donors (Lipinski definition) is 0. The van der Waals surface area contributed by atoms with E-state index in [0.29, 0.717) is 5.92 Å². The number of hydrogen-bond acceptors (Lipinski definition) is 4. The number of aryl methyl sites for hydroxylation is 1. The fourth-order valence-corrected chi connectivity index (χ4v) is 3.72. The van der Waals surface area contributed by atoms with Crippen molar-refractivity contribution in [2.45, 2.75) is 19.9 Å². The van der Waals surface area contributed by atoms with E-state index in [1.54, 1.807) is 0 Å². The SMILES string of the molecule is Cc1cccc(CN2CCOCC(Cc3ccc4ncccc4c3)C2)n1. The molecule has 1 aromatic carbocycles. The Morgan fingerprint density at radius 3 is 3.04 bits per heavy atom. The number of pyridine rings is 2. The summed E-state index contributed by atoms with van der Waals surface area (Å²) in [5.74, 6) is 0.497. The highest BCUT2D eigenvalue weighted by Gasteiger charge is 2.19. The van der Waals surface area contributed by atoms with Gasteiger partial charge in [-0.25, -0.2) is 0 Å². The van der Waals surface area contributed by atoms with Crippen LogP contribution in [0.3, 0.4) is 0 Å². The summed E-state index contributed by atoms with van der Waals surface area (Å²) < 4.78 is 5.88. The highest BCUT2D eigenvalue weighted by molar-refractivity contribution is 5.78. The molecule has 0 aliphatic carbocycles. The smallest absolute Gasteiger partial charge is 0.0702 e. The van der Waals surface area contributed by atoms with Gasteiger partial charge >= 0.3 is 0 Å². The lowest BCUT2D eigenvalue weighted by Crippen LogP contribution is -2.30. The molecular formula is C22H25N3O. The molecule has 4 rings (SSSR count). The molecule has 1 fully saturated rings. The van der Waals surface area contributed by atoms with Gasteiger partial charge in [0.15, 0.2) is 0 Å². The molecule has 0 N–H and O–H groups in total. The predicted octanol–water partition coefficient (Wildman–Crippen LogP) is 3.63. The van der Waals surface area contributed by atoms with E-state index in [4.69, 9.17) is 4.74 Å².